The number of nitrogens with one attached hydrogen (secondary N) is 4. The van der Waals surface area contributed by atoms with Crippen LogP contribution in [0.1, 0.15) is 117 Å². The van der Waals surface area contributed by atoms with E-state index in [-0.39, 0.29) is 72.2 Å². The zero-order valence-corrected chi connectivity index (χ0v) is 40.8. The number of aromatic amines is 2. The summed E-state index contributed by atoms with van der Waals surface area (Å²) in [7, 11) is 2.62. The molecule has 1 aromatic carbocycles. The van der Waals surface area contributed by atoms with Crippen LogP contribution in [0.15, 0.2) is 61.2 Å². The zero-order chi connectivity index (χ0) is 48.7. The minimum atomic E-state index is -0.762. The molecule has 4 amide bonds. The van der Waals surface area contributed by atoms with Crippen LogP contribution in [-0.4, -0.2) is 126 Å². The summed E-state index contributed by atoms with van der Waals surface area (Å²) in [5.74, 6) is 0.881. The first kappa shape index (κ1) is 47.8. The first-order valence-corrected chi connectivity index (χ1v) is 24.5. The third-order valence-electron chi connectivity index (χ3n) is 14.8. The number of benzene rings is 1. The van der Waals surface area contributed by atoms with Crippen molar-refractivity contribution in [2.24, 2.45) is 11.8 Å². The van der Waals surface area contributed by atoms with Crippen LogP contribution in [0.5, 0.6) is 0 Å². The Morgan fingerprint density at radius 2 is 1.09 bits per heavy atom. The van der Waals surface area contributed by atoms with Gasteiger partial charge in [0, 0.05) is 23.8 Å². The van der Waals surface area contributed by atoms with Crippen molar-refractivity contribution in [3.63, 3.8) is 0 Å². The van der Waals surface area contributed by atoms with Gasteiger partial charge in [-0.05, 0) is 122 Å². The number of hydrogen-bond acceptors (Lipinski definition) is 11. The maximum absolute atomic E-state index is 14.5. The first-order valence-electron chi connectivity index (χ1n) is 24.5. The lowest BCUT2D eigenvalue weighted by Crippen LogP contribution is -2.55. The first-order chi connectivity index (χ1) is 33.2. The fourth-order valence-corrected chi connectivity index (χ4v) is 11.7. The molecule has 8 heterocycles. The van der Waals surface area contributed by atoms with Crippen LogP contribution < -0.4 is 10.6 Å². The van der Waals surface area contributed by atoms with E-state index in [1.165, 1.54) is 14.2 Å². The van der Waals surface area contributed by atoms with Crippen LogP contribution >= 0.6 is 0 Å². The molecule has 9 rings (SSSR count). The van der Waals surface area contributed by atoms with E-state index in [0.29, 0.717) is 37.3 Å². The summed E-state index contributed by atoms with van der Waals surface area (Å²) in [5, 5.41) is 5.76. The summed E-state index contributed by atoms with van der Waals surface area (Å²) in [5.41, 5.74) is 5.97. The number of carbonyl (C=O) groups excluding carboxylic acids is 4. The van der Waals surface area contributed by atoms with Gasteiger partial charge in [0.1, 0.15) is 29.4 Å². The second kappa shape index (κ2) is 20.0. The smallest absolute Gasteiger partial charge is 0.407 e. The maximum atomic E-state index is 14.5. The Balaban J connectivity index is 0.917. The van der Waals surface area contributed by atoms with E-state index in [2.05, 4.69) is 37.1 Å². The molecular formula is C51H66N10O8. The Labute approximate surface area is 402 Å². The average Bonchev–Trinajstić information content (AvgIpc) is 4.20. The third-order valence-corrected chi connectivity index (χ3v) is 14.8. The van der Waals surface area contributed by atoms with Gasteiger partial charge in [0.25, 0.3) is 0 Å². The molecule has 368 valence electrons. The van der Waals surface area contributed by atoms with Crippen molar-refractivity contribution in [3.8, 4) is 33.9 Å². The molecule has 18 nitrogen and oxygen atoms in total. The molecule has 0 aliphatic carbocycles. The lowest BCUT2D eigenvalue weighted by molar-refractivity contribution is -0.141. The number of ether oxygens (including phenoxy) is 4. The summed E-state index contributed by atoms with van der Waals surface area (Å²) in [4.78, 5) is 79.6. The minimum Gasteiger partial charge on any atom is -0.453 e. The molecule has 4 saturated heterocycles. The Bertz CT molecular complexity index is 2620. The number of rotatable bonds is 11. The number of hydrogen-bond donors (Lipinski definition) is 4. The molecule has 4 N–H and O–H groups in total. The summed E-state index contributed by atoms with van der Waals surface area (Å²) in [6.07, 6.45) is 11.7. The van der Waals surface area contributed by atoms with E-state index >= 15 is 0 Å². The van der Waals surface area contributed by atoms with Crippen LogP contribution in [0, 0.1) is 11.8 Å². The maximum Gasteiger partial charge on any atom is 0.407 e. The number of imidazole rings is 2. The molecule has 4 aliphatic rings. The normalized spacial score (nSPS) is 28.1. The van der Waals surface area contributed by atoms with Crippen LogP contribution in [-0.2, 0) is 28.5 Å². The van der Waals surface area contributed by atoms with E-state index in [4.69, 9.17) is 33.9 Å². The van der Waals surface area contributed by atoms with Gasteiger partial charge in [-0.15, -0.1) is 0 Å². The van der Waals surface area contributed by atoms with Crippen LogP contribution in [0.4, 0.5) is 9.59 Å². The summed E-state index contributed by atoms with van der Waals surface area (Å²) in [6.45, 7) is 12.1. The lowest BCUT2D eigenvalue weighted by Gasteiger charge is -2.39. The highest BCUT2D eigenvalue weighted by Gasteiger charge is 2.46. The Hall–Kier alpha value is -6.27. The molecule has 5 aromatic rings. The molecule has 1 unspecified atom stereocenters. The molecule has 0 saturated carbocycles. The van der Waals surface area contributed by atoms with Gasteiger partial charge in [0.2, 0.25) is 11.8 Å². The van der Waals surface area contributed by atoms with Crippen molar-refractivity contribution in [3.05, 3.63) is 72.8 Å². The second-order valence-electron chi connectivity index (χ2n) is 19.8. The van der Waals surface area contributed by atoms with Crippen LogP contribution in [0.3, 0.4) is 0 Å². The average molecular weight is 947 g/mol. The predicted octanol–water partition coefficient (Wildman–Crippen LogP) is 7.74. The van der Waals surface area contributed by atoms with Crippen molar-refractivity contribution >= 4 is 29.5 Å². The zero-order valence-electron chi connectivity index (χ0n) is 40.8. The lowest BCUT2D eigenvalue weighted by atomic mass is 9.85. The Morgan fingerprint density at radius 3 is 1.58 bits per heavy atom. The number of nitrogens with zero attached hydrogens (tertiary/aromatic N) is 6. The standard InChI is InChI=1S/C51H66N10O8/c1-27-11-17-40(60(27)48(62)43(57-50(64)66-7)35-20-29(3)68-30(4)21-35)46-53-24-37(55-46)33-13-15-34(16-14-33)42-26-52-45(39-10-9-19-59(39)42)38-25-54-47(56-38)41-18-12-28(2)61(41)49(63)44(58-51(65)67-8)36-22-31(5)69-32(6)23-36/h9-10,13-16,19,24-32,35-36,40-41,43-44H,11-12,17-18,20-23H2,1-8H3,(H,53,55)(H,54,56)(H,57,64)(H,58,65)/t27-,28-,29-,30+,31-,32+,35+,36+,40-,41-,43?,44-/m0/s1. The van der Waals surface area contributed by atoms with E-state index in [0.717, 1.165) is 65.1 Å². The predicted molar refractivity (Wildman–Crippen MR) is 256 cm³/mol. The largest absolute Gasteiger partial charge is 0.453 e. The molecule has 4 fully saturated rings. The second-order valence-corrected chi connectivity index (χ2v) is 19.8. The van der Waals surface area contributed by atoms with Crippen molar-refractivity contribution in [2.75, 3.05) is 14.2 Å². The number of H-pyrrole nitrogens is 2. The molecular weight excluding hydrogens is 881 g/mol. The molecule has 12 atom stereocenters. The van der Waals surface area contributed by atoms with Gasteiger partial charge >= 0.3 is 12.2 Å². The van der Waals surface area contributed by atoms with Gasteiger partial charge in [0.05, 0.1) is 91.9 Å². The van der Waals surface area contributed by atoms with Crippen molar-refractivity contribution in [2.45, 2.75) is 154 Å². The van der Waals surface area contributed by atoms with Gasteiger partial charge in [0.15, 0.2) is 0 Å². The molecule has 4 aliphatic heterocycles. The van der Waals surface area contributed by atoms with Gasteiger partial charge in [-0.3, -0.25) is 14.6 Å². The number of methoxy groups -OCH3 is 2. The topological polar surface area (TPSA) is 210 Å². The fourth-order valence-electron chi connectivity index (χ4n) is 11.7. The summed E-state index contributed by atoms with van der Waals surface area (Å²) < 4.78 is 24.0. The molecule has 4 aromatic heterocycles. The highest BCUT2D eigenvalue weighted by Crippen LogP contribution is 2.41. The number of fused-ring (bicyclic) bond motifs is 1. The Kier molecular flexibility index (Phi) is 13.8. The van der Waals surface area contributed by atoms with Crippen molar-refractivity contribution in [1.29, 1.82) is 0 Å². The molecule has 18 heteroatoms. The van der Waals surface area contributed by atoms with E-state index < -0.39 is 24.3 Å². The number of alkyl carbamates (subject to hydrolysis) is 2. The van der Waals surface area contributed by atoms with E-state index in [1.807, 2.05) is 94.2 Å². The molecule has 0 bridgehead atoms. The number of carbonyl (C=O) groups is 4. The number of likely N-dealkylation sites (tertiary alicyclic amines) is 2. The van der Waals surface area contributed by atoms with Crippen LogP contribution in [0.25, 0.3) is 39.4 Å². The van der Waals surface area contributed by atoms with Crippen molar-refractivity contribution < 1.29 is 38.1 Å². The third kappa shape index (κ3) is 9.69. The molecule has 69 heavy (non-hydrogen) atoms. The highest BCUT2D eigenvalue weighted by molar-refractivity contribution is 5.88. The van der Waals surface area contributed by atoms with Gasteiger partial charge in [-0.2, -0.15) is 0 Å². The Morgan fingerprint density at radius 1 is 0.623 bits per heavy atom. The monoisotopic (exact) mass is 947 g/mol. The fraction of sp³-hybridized carbons (Fsp3) is 0.549. The molecule has 0 radical (unpaired) electrons. The SMILES string of the molecule is COC(=O)NC(C(=O)N1[C@@H](C)CC[C@H]1c1ncc(-c2ccc(-c3cnc(-c4cnc([C@@H]5CC[C@H](C)N5C(=O)[C@@H](NC(=O)OC)[C@H]5C[C@@H](C)O[C@@H](C)C5)[nH]4)c4cccn34)cc2)[nH]1)[C@H]1C[C@@H](C)O[C@@H](C)C1. The number of aromatic nitrogens is 6. The minimum absolute atomic E-state index is 0.0329. The molecule has 0 spiro atoms. The van der Waals surface area contributed by atoms with Crippen LogP contribution in [0.2, 0.25) is 0 Å². The highest BCUT2D eigenvalue weighted by atomic mass is 16.5. The van der Waals surface area contributed by atoms with E-state index in [9.17, 15) is 19.2 Å². The van der Waals surface area contributed by atoms with Gasteiger partial charge in [-0.25, -0.2) is 19.6 Å². The summed E-state index contributed by atoms with van der Waals surface area (Å²) >= 11 is 0. The van der Waals surface area contributed by atoms with E-state index in [1.54, 1.807) is 6.20 Å². The summed E-state index contributed by atoms with van der Waals surface area (Å²) in [6, 6.07) is 10.0. The number of amides is 4. The van der Waals surface area contributed by atoms with Crippen molar-refractivity contribution in [1.82, 2.24) is 49.8 Å². The quantitative estimate of drug-likeness (QED) is 0.101. The van der Waals surface area contributed by atoms with Gasteiger partial charge < -0.3 is 53.7 Å². The van der Waals surface area contributed by atoms with Gasteiger partial charge in [-0.1, -0.05) is 24.3 Å².